The third kappa shape index (κ3) is 2.96. The second-order valence-electron chi connectivity index (χ2n) is 5.72. The van der Waals surface area contributed by atoms with Crippen LogP contribution in [0.2, 0.25) is 0 Å². The van der Waals surface area contributed by atoms with Crippen LogP contribution in [0.25, 0.3) is 0 Å². The SMILES string of the molecule is Cc1cccc(NC(=O)C2(S(C)(=O)=O)CCNCC2)c1C. The van der Waals surface area contributed by atoms with Crippen molar-refractivity contribution in [3.63, 3.8) is 0 Å². The van der Waals surface area contributed by atoms with E-state index >= 15 is 0 Å². The fourth-order valence-electron chi connectivity index (χ4n) is 2.72. The summed E-state index contributed by atoms with van der Waals surface area (Å²) < 4.78 is 23.1. The number of nitrogens with one attached hydrogen (secondary N) is 2. The number of piperidine rings is 1. The van der Waals surface area contributed by atoms with Crippen LogP contribution >= 0.6 is 0 Å². The van der Waals surface area contributed by atoms with Gasteiger partial charge in [0.2, 0.25) is 5.91 Å². The molecule has 1 heterocycles. The average molecular weight is 310 g/mol. The Balaban J connectivity index is 2.34. The van der Waals surface area contributed by atoms with Crippen LogP contribution in [0.3, 0.4) is 0 Å². The number of rotatable bonds is 3. The summed E-state index contributed by atoms with van der Waals surface area (Å²) in [5.74, 6) is -0.416. The Morgan fingerprint density at radius 1 is 1.24 bits per heavy atom. The molecule has 1 aliphatic rings. The number of benzene rings is 1. The summed E-state index contributed by atoms with van der Waals surface area (Å²) >= 11 is 0. The van der Waals surface area contributed by atoms with Crippen molar-refractivity contribution in [1.82, 2.24) is 5.32 Å². The monoisotopic (exact) mass is 310 g/mol. The highest BCUT2D eigenvalue weighted by molar-refractivity contribution is 7.92. The summed E-state index contributed by atoms with van der Waals surface area (Å²) in [6.45, 7) is 4.95. The van der Waals surface area contributed by atoms with Crippen molar-refractivity contribution in [2.45, 2.75) is 31.4 Å². The first-order chi connectivity index (χ1) is 9.78. The molecule has 1 saturated heterocycles. The van der Waals surface area contributed by atoms with Gasteiger partial charge in [0.05, 0.1) is 0 Å². The van der Waals surface area contributed by atoms with Crippen LogP contribution in [-0.2, 0) is 14.6 Å². The average Bonchev–Trinajstić information content (AvgIpc) is 2.43. The van der Waals surface area contributed by atoms with Crippen molar-refractivity contribution in [2.24, 2.45) is 0 Å². The molecule has 116 valence electrons. The van der Waals surface area contributed by atoms with E-state index in [0.717, 1.165) is 17.4 Å². The van der Waals surface area contributed by atoms with E-state index in [1.807, 2.05) is 26.0 Å². The van der Waals surface area contributed by atoms with Crippen LogP contribution in [0.4, 0.5) is 5.69 Å². The quantitative estimate of drug-likeness (QED) is 0.885. The molecule has 21 heavy (non-hydrogen) atoms. The van der Waals surface area contributed by atoms with Crippen LogP contribution in [0.1, 0.15) is 24.0 Å². The fourth-order valence-corrected chi connectivity index (χ4v) is 4.05. The topological polar surface area (TPSA) is 75.3 Å². The third-order valence-electron chi connectivity index (χ3n) is 4.39. The minimum atomic E-state index is -3.48. The molecule has 6 heteroatoms. The predicted octanol–water partition coefficient (Wildman–Crippen LogP) is 1.41. The van der Waals surface area contributed by atoms with Crippen LogP contribution in [0, 0.1) is 13.8 Å². The van der Waals surface area contributed by atoms with Gasteiger partial charge in [0, 0.05) is 11.9 Å². The van der Waals surface area contributed by atoms with Crippen LogP contribution in [0.5, 0.6) is 0 Å². The van der Waals surface area contributed by atoms with E-state index in [1.54, 1.807) is 6.07 Å². The van der Waals surface area contributed by atoms with Crippen LogP contribution in [0.15, 0.2) is 18.2 Å². The summed E-state index contributed by atoms with van der Waals surface area (Å²) in [6.07, 6.45) is 1.77. The molecule has 1 fully saturated rings. The van der Waals surface area contributed by atoms with Crippen molar-refractivity contribution < 1.29 is 13.2 Å². The van der Waals surface area contributed by atoms with Gasteiger partial charge in [-0.2, -0.15) is 0 Å². The number of carbonyl (C=O) groups excluding carboxylic acids is 1. The highest BCUT2D eigenvalue weighted by Crippen LogP contribution is 2.30. The lowest BCUT2D eigenvalue weighted by molar-refractivity contribution is -0.119. The van der Waals surface area contributed by atoms with E-state index in [-0.39, 0.29) is 0 Å². The molecule has 0 bridgehead atoms. The Morgan fingerprint density at radius 3 is 2.43 bits per heavy atom. The highest BCUT2D eigenvalue weighted by Gasteiger charge is 2.48. The van der Waals surface area contributed by atoms with Gasteiger partial charge in [-0.25, -0.2) is 8.42 Å². The normalized spacial score (nSPS) is 18.2. The first-order valence-corrected chi connectivity index (χ1v) is 8.95. The lowest BCUT2D eigenvalue weighted by Crippen LogP contribution is -2.55. The number of sulfone groups is 1. The Kier molecular flexibility index (Phi) is 4.39. The maximum absolute atomic E-state index is 12.7. The van der Waals surface area contributed by atoms with E-state index < -0.39 is 20.5 Å². The number of hydrogen-bond donors (Lipinski definition) is 2. The first kappa shape index (κ1) is 16.0. The second-order valence-corrected chi connectivity index (χ2v) is 8.04. The predicted molar refractivity (Wildman–Crippen MR) is 84.2 cm³/mol. The molecule has 0 aliphatic carbocycles. The smallest absolute Gasteiger partial charge is 0.245 e. The van der Waals surface area contributed by atoms with Gasteiger partial charge in [0.1, 0.15) is 0 Å². The lowest BCUT2D eigenvalue weighted by atomic mass is 9.95. The molecule has 1 aliphatic heterocycles. The van der Waals surface area contributed by atoms with Gasteiger partial charge in [0.15, 0.2) is 14.6 Å². The van der Waals surface area contributed by atoms with Crippen LogP contribution < -0.4 is 10.6 Å². The van der Waals surface area contributed by atoms with Crippen molar-refractivity contribution in [3.8, 4) is 0 Å². The minimum Gasteiger partial charge on any atom is -0.324 e. The summed E-state index contributed by atoms with van der Waals surface area (Å²) in [4.78, 5) is 12.7. The summed E-state index contributed by atoms with van der Waals surface area (Å²) in [5.41, 5.74) is 2.71. The first-order valence-electron chi connectivity index (χ1n) is 7.06. The second kappa shape index (κ2) is 5.77. The van der Waals surface area contributed by atoms with Gasteiger partial charge >= 0.3 is 0 Å². The van der Waals surface area contributed by atoms with Gasteiger partial charge in [-0.1, -0.05) is 12.1 Å². The molecule has 0 saturated carbocycles. The molecule has 1 amide bonds. The summed E-state index contributed by atoms with van der Waals surface area (Å²) in [7, 11) is -3.48. The molecule has 2 rings (SSSR count). The van der Waals surface area contributed by atoms with Gasteiger partial charge in [-0.3, -0.25) is 4.79 Å². The van der Waals surface area contributed by atoms with Gasteiger partial charge in [-0.15, -0.1) is 0 Å². The van der Waals surface area contributed by atoms with Gasteiger partial charge in [0.25, 0.3) is 0 Å². The Morgan fingerprint density at radius 2 is 1.86 bits per heavy atom. The zero-order chi connectivity index (χ0) is 15.7. The Labute approximate surface area is 126 Å². The molecule has 1 aromatic carbocycles. The van der Waals surface area contributed by atoms with Gasteiger partial charge in [-0.05, 0) is 57.0 Å². The van der Waals surface area contributed by atoms with E-state index in [1.165, 1.54) is 0 Å². The van der Waals surface area contributed by atoms with Crippen LogP contribution in [-0.4, -0.2) is 38.4 Å². The summed E-state index contributed by atoms with van der Waals surface area (Å²) in [6, 6.07) is 5.62. The number of amides is 1. The molecular weight excluding hydrogens is 288 g/mol. The third-order valence-corrected chi connectivity index (χ3v) is 6.40. The standard InChI is InChI=1S/C15H22N2O3S/c1-11-5-4-6-13(12(11)2)17-14(18)15(21(3,19)20)7-9-16-10-8-15/h4-6,16H,7-10H2,1-3H3,(H,17,18). The molecule has 0 atom stereocenters. The van der Waals surface area contributed by atoms with Crippen molar-refractivity contribution in [3.05, 3.63) is 29.3 Å². The number of carbonyl (C=O) groups is 1. The zero-order valence-electron chi connectivity index (χ0n) is 12.7. The maximum Gasteiger partial charge on any atom is 0.245 e. The molecular formula is C15H22N2O3S. The minimum absolute atomic E-state index is 0.308. The molecule has 5 nitrogen and oxygen atoms in total. The summed E-state index contributed by atoms with van der Waals surface area (Å²) in [5, 5.41) is 5.93. The molecule has 0 radical (unpaired) electrons. The van der Waals surface area contributed by atoms with Crippen molar-refractivity contribution >= 4 is 21.4 Å². The van der Waals surface area contributed by atoms with E-state index in [2.05, 4.69) is 10.6 Å². The Bertz CT molecular complexity index is 647. The molecule has 0 unspecified atom stereocenters. The van der Waals surface area contributed by atoms with E-state index in [0.29, 0.717) is 31.6 Å². The zero-order valence-corrected chi connectivity index (χ0v) is 13.5. The highest BCUT2D eigenvalue weighted by atomic mass is 32.2. The van der Waals surface area contributed by atoms with E-state index in [4.69, 9.17) is 0 Å². The molecule has 2 N–H and O–H groups in total. The molecule has 1 aromatic rings. The van der Waals surface area contributed by atoms with Crippen molar-refractivity contribution in [1.29, 1.82) is 0 Å². The van der Waals surface area contributed by atoms with Gasteiger partial charge < -0.3 is 10.6 Å². The largest absolute Gasteiger partial charge is 0.324 e. The van der Waals surface area contributed by atoms with Crippen molar-refractivity contribution in [2.75, 3.05) is 24.7 Å². The number of aryl methyl sites for hydroxylation is 1. The molecule has 0 aromatic heterocycles. The Hall–Kier alpha value is -1.40. The lowest BCUT2D eigenvalue weighted by Gasteiger charge is -2.34. The van der Waals surface area contributed by atoms with E-state index in [9.17, 15) is 13.2 Å². The number of hydrogen-bond acceptors (Lipinski definition) is 4. The fraction of sp³-hybridized carbons (Fsp3) is 0.533. The maximum atomic E-state index is 12.7. The molecule has 0 spiro atoms. The number of anilines is 1.